The van der Waals surface area contributed by atoms with E-state index in [1.54, 1.807) is 0 Å². The van der Waals surface area contributed by atoms with Gasteiger partial charge in [-0.05, 0) is 0 Å². The maximum absolute atomic E-state index is 12.2. The minimum Gasteiger partial charge on any atom is -0.382 e. The third-order valence-corrected chi connectivity index (χ3v) is 3.81. The van der Waals surface area contributed by atoms with Crippen LogP contribution >= 0.6 is 0 Å². The molecule has 0 bridgehead atoms. The highest BCUT2D eigenvalue weighted by molar-refractivity contribution is 4.92. The van der Waals surface area contributed by atoms with E-state index < -0.39 is 22.8 Å². The lowest BCUT2D eigenvalue weighted by molar-refractivity contribution is -0.141. The highest BCUT2D eigenvalue weighted by atomic mass is 16.6. The second kappa shape index (κ2) is 6.40. The molecule has 2 aliphatic rings. The number of hydrogen-bond donors (Lipinski definition) is 2. The van der Waals surface area contributed by atoms with E-state index in [4.69, 9.17) is 18.9 Å². The van der Waals surface area contributed by atoms with Crippen LogP contribution in [-0.2, 0) is 24.7 Å². The molecular weight excluding hydrogens is 310 g/mol. The average molecular weight is 329 g/mol. The van der Waals surface area contributed by atoms with E-state index in [2.05, 4.69) is 9.97 Å². The Hall–Kier alpha value is -1.75. The van der Waals surface area contributed by atoms with Crippen LogP contribution in [-0.4, -0.2) is 60.3 Å². The van der Waals surface area contributed by atoms with Gasteiger partial charge in [-0.25, -0.2) is 19.0 Å². The molecule has 1 aromatic heterocycles. The highest BCUT2D eigenvalue weighted by Gasteiger charge is 2.46. The molecule has 0 amide bonds. The Morgan fingerprint density at radius 2 is 1.61 bits per heavy atom. The summed E-state index contributed by atoms with van der Waals surface area (Å²) in [5.74, 6) is 0. The van der Waals surface area contributed by atoms with Gasteiger partial charge in [-0.3, -0.25) is 9.97 Å². The van der Waals surface area contributed by atoms with Gasteiger partial charge >= 0.3 is 17.1 Å². The van der Waals surface area contributed by atoms with Gasteiger partial charge in [0, 0.05) is 20.0 Å². The minimum absolute atomic E-state index is 0.102. The van der Waals surface area contributed by atoms with Crippen LogP contribution in [0.15, 0.2) is 14.4 Å². The Balaban J connectivity index is 2.02. The van der Waals surface area contributed by atoms with E-state index in [-0.39, 0.29) is 18.8 Å². The van der Waals surface area contributed by atoms with Gasteiger partial charge in [-0.2, -0.15) is 0 Å². The third kappa shape index (κ3) is 3.78. The number of ether oxygens (including phenoxy) is 4. The van der Waals surface area contributed by atoms with E-state index in [0.717, 1.165) is 4.57 Å². The third-order valence-electron chi connectivity index (χ3n) is 3.81. The summed E-state index contributed by atoms with van der Waals surface area (Å²) in [7, 11) is 1.53. The molecule has 23 heavy (non-hydrogen) atoms. The zero-order valence-corrected chi connectivity index (χ0v) is 12.7. The standard InChI is InChI=1S/C13H19N3O7/c1-20-2-3-23-13(4-8-6-21-8,5-9-7-22-9)16-11(18)14-10(17)15-12(16)19/h8-9H,2-7H2,1H3,(H2,14,15,17,18,19). The number of aromatic amines is 2. The number of H-pyrrole nitrogens is 2. The van der Waals surface area contributed by atoms with Gasteiger partial charge in [-0.1, -0.05) is 0 Å². The summed E-state index contributed by atoms with van der Waals surface area (Å²) >= 11 is 0. The summed E-state index contributed by atoms with van der Waals surface area (Å²) < 4.78 is 22.3. The fraction of sp³-hybridized carbons (Fsp3) is 0.769. The lowest BCUT2D eigenvalue weighted by Crippen LogP contribution is -2.56. The van der Waals surface area contributed by atoms with Gasteiger partial charge in [0.2, 0.25) is 0 Å². The Morgan fingerprint density at radius 3 is 2.04 bits per heavy atom. The molecule has 2 aliphatic heterocycles. The summed E-state index contributed by atoms with van der Waals surface area (Å²) in [6.07, 6.45) is 0.418. The van der Waals surface area contributed by atoms with Crippen molar-refractivity contribution in [2.45, 2.75) is 30.8 Å². The Labute approximate surface area is 130 Å². The molecule has 1 aromatic rings. The van der Waals surface area contributed by atoms with Crippen molar-refractivity contribution in [3.8, 4) is 0 Å². The monoisotopic (exact) mass is 329 g/mol. The molecule has 3 rings (SSSR count). The van der Waals surface area contributed by atoms with E-state index in [1.165, 1.54) is 7.11 Å². The maximum atomic E-state index is 12.2. The van der Waals surface area contributed by atoms with Crippen molar-refractivity contribution in [2.75, 3.05) is 33.5 Å². The predicted molar refractivity (Wildman–Crippen MR) is 76.5 cm³/mol. The Morgan fingerprint density at radius 1 is 1.09 bits per heavy atom. The maximum Gasteiger partial charge on any atom is 0.336 e. The zero-order chi connectivity index (χ0) is 16.4. The van der Waals surface area contributed by atoms with Crippen molar-refractivity contribution < 1.29 is 18.9 Å². The first-order chi connectivity index (χ1) is 11.0. The van der Waals surface area contributed by atoms with Crippen molar-refractivity contribution in [1.29, 1.82) is 0 Å². The highest BCUT2D eigenvalue weighted by Crippen LogP contribution is 2.36. The smallest absolute Gasteiger partial charge is 0.336 e. The summed E-state index contributed by atoms with van der Waals surface area (Å²) in [6.45, 7) is 1.56. The molecule has 0 radical (unpaired) electrons. The van der Waals surface area contributed by atoms with Crippen LogP contribution in [0.25, 0.3) is 0 Å². The topological polar surface area (TPSA) is 131 Å². The van der Waals surface area contributed by atoms with Gasteiger partial charge in [0.15, 0.2) is 5.72 Å². The molecular formula is C13H19N3O7. The van der Waals surface area contributed by atoms with E-state index in [9.17, 15) is 14.4 Å². The van der Waals surface area contributed by atoms with Crippen molar-refractivity contribution in [3.63, 3.8) is 0 Å². The molecule has 0 aromatic carbocycles. The second-order valence-corrected chi connectivity index (χ2v) is 5.63. The van der Waals surface area contributed by atoms with Gasteiger partial charge < -0.3 is 18.9 Å². The van der Waals surface area contributed by atoms with Crippen LogP contribution in [0.2, 0.25) is 0 Å². The molecule has 128 valence electrons. The normalized spacial score (nSPS) is 25.1. The van der Waals surface area contributed by atoms with Gasteiger partial charge in [0.1, 0.15) is 0 Å². The number of hydrogen-bond acceptors (Lipinski definition) is 7. The number of aromatic nitrogens is 3. The molecule has 0 aliphatic carbocycles. The zero-order valence-electron chi connectivity index (χ0n) is 12.7. The summed E-state index contributed by atoms with van der Waals surface area (Å²) in [5, 5.41) is 0. The first kappa shape index (κ1) is 16.1. The fourth-order valence-corrected chi connectivity index (χ4v) is 2.65. The first-order valence-electron chi connectivity index (χ1n) is 7.36. The number of nitrogens with one attached hydrogen (secondary N) is 2. The fourth-order valence-electron chi connectivity index (χ4n) is 2.65. The van der Waals surface area contributed by atoms with E-state index in [1.807, 2.05) is 0 Å². The minimum atomic E-state index is -1.25. The molecule has 2 fully saturated rings. The quantitative estimate of drug-likeness (QED) is 0.400. The van der Waals surface area contributed by atoms with Crippen LogP contribution in [0.4, 0.5) is 0 Å². The van der Waals surface area contributed by atoms with Crippen molar-refractivity contribution in [1.82, 2.24) is 14.5 Å². The average Bonchev–Trinajstić information content (AvgIpc) is 3.35. The molecule has 10 nitrogen and oxygen atoms in total. The second-order valence-electron chi connectivity index (χ2n) is 5.63. The first-order valence-corrected chi connectivity index (χ1v) is 7.36. The largest absolute Gasteiger partial charge is 0.382 e. The van der Waals surface area contributed by atoms with Crippen LogP contribution in [0.3, 0.4) is 0 Å². The lowest BCUT2D eigenvalue weighted by atomic mass is 10.0. The van der Waals surface area contributed by atoms with Gasteiger partial charge in [0.25, 0.3) is 0 Å². The lowest BCUT2D eigenvalue weighted by Gasteiger charge is -2.33. The van der Waals surface area contributed by atoms with Crippen LogP contribution in [0, 0.1) is 0 Å². The summed E-state index contributed by atoms with van der Waals surface area (Å²) in [5.41, 5.74) is -3.75. The molecule has 3 heterocycles. The molecule has 2 saturated heterocycles. The SMILES string of the molecule is COCCOC(CC1CO1)(CC1CO1)n1c(=O)[nH]c(=O)[nH]c1=O. The number of nitrogens with zero attached hydrogens (tertiary/aromatic N) is 1. The molecule has 0 spiro atoms. The summed E-state index contributed by atoms with van der Waals surface area (Å²) in [6, 6.07) is 0. The number of epoxide rings is 2. The molecule has 2 atom stereocenters. The molecule has 0 saturated carbocycles. The van der Waals surface area contributed by atoms with Crippen LogP contribution < -0.4 is 17.1 Å². The summed E-state index contributed by atoms with van der Waals surface area (Å²) in [4.78, 5) is 39.9. The van der Waals surface area contributed by atoms with E-state index in [0.29, 0.717) is 32.7 Å². The van der Waals surface area contributed by atoms with Crippen molar-refractivity contribution >= 4 is 0 Å². The van der Waals surface area contributed by atoms with Crippen LogP contribution in [0.5, 0.6) is 0 Å². The van der Waals surface area contributed by atoms with Crippen LogP contribution in [0.1, 0.15) is 12.8 Å². The predicted octanol–water partition coefficient (Wildman–Crippen LogP) is -1.88. The number of rotatable bonds is 9. The van der Waals surface area contributed by atoms with Crippen molar-refractivity contribution in [3.05, 3.63) is 31.5 Å². The Bertz CT molecular complexity index is 665. The van der Waals surface area contributed by atoms with Gasteiger partial charge in [0.05, 0.1) is 38.6 Å². The van der Waals surface area contributed by atoms with E-state index >= 15 is 0 Å². The van der Waals surface area contributed by atoms with Crippen molar-refractivity contribution in [2.24, 2.45) is 0 Å². The molecule has 10 heteroatoms. The van der Waals surface area contributed by atoms with Gasteiger partial charge in [-0.15, -0.1) is 0 Å². The Kier molecular flexibility index (Phi) is 4.48. The molecule has 2 unspecified atom stereocenters. The molecule has 2 N–H and O–H groups in total. The number of methoxy groups -OCH3 is 1.